The van der Waals surface area contributed by atoms with Crippen molar-refractivity contribution >= 4 is 17.8 Å². The van der Waals surface area contributed by atoms with Gasteiger partial charge in [0.15, 0.2) is 17.1 Å². The number of rotatable bonds is 6. The molecule has 2 aromatic rings. The highest BCUT2D eigenvalue weighted by Crippen LogP contribution is 2.37. The predicted molar refractivity (Wildman–Crippen MR) is 104 cm³/mol. The van der Waals surface area contributed by atoms with E-state index in [0.717, 1.165) is 39.0 Å². The van der Waals surface area contributed by atoms with Crippen LogP contribution in [0.25, 0.3) is 6.08 Å². The normalized spacial score (nSPS) is 18.2. The molecule has 1 heterocycles. The molecule has 0 amide bonds. The Labute approximate surface area is 158 Å². The summed E-state index contributed by atoms with van der Waals surface area (Å²) in [5, 5.41) is 0. The molecule has 0 saturated heterocycles. The van der Waals surface area contributed by atoms with Gasteiger partial charge in [0.05, 0.1) is 14.2 Å². The zero-order chi connectivity index (χ0) is 18.7. The molecule has 0 radical (unpaired) electrons. The van der Waals surface area contributed by atoms with E-state index >= 15 is 0 Å². The number of aryl methyl sites for hydroxylation is 1. The Kier molecular flexibility index (Phi) is 5.47. The molecule has 1 aliphatic rings. The van der Waals surface area contributed by atoms with Crippen molar-refractivity contribution in [2.45, 2.75) is 30.1 Å². The van der Waals surface area contributed by atoms with Gasteiger partial charge in [-0.05, 0) is 55.3 Å². The second-order valence-corrected chi connectivity index (χ2v) is 7.57. The van der Waals surface area contributed by atoms with Gasteiger partial charge in [-0.2, -0.15) is 0 Å². The molecule has 0 bridgehead atoms. The average Bonchev–Trinajstić information content (AvgIpc) is 2.65. The van der Waals surface area contributed by atoms with E-state index in [1.54, 1.807) is 39.0 Å². The van der Waals surface area contributed by atoms with Crippen molar-refractivity contribution in [1.29, 1.82) is 0 Å². The molecule has 1 unspecified atom stereocenters. The van der Waals surface area contributed by atoms with E-state index in [0.29, 0.717) is 0 Å². The summed E-state index contributed by atoms with van der Waals surface area (Å²) in [6.07, 6.45) is 3.71. The second kappa shape index (κ2) is 7.62. The molecule has 3 rings (SSSR count). The van der Waals surface area contributed by atoms with Crippen LogP contribution in [0.2, 0.25) is 0 Å². The lowest BCUT2D eigenvalue weighted by atomic mass is 10.0. The van der Waals surface area contributed by atoms with E-state index in [1.807, 2.05) is 31.2 Å². The number of thioether (sulfide) groups is 1. The first-order valence-corrected chi connectivity index (χ1v) is 9.39. The average molecular weight is 373 g/mol. The number of hydrogen-bond acceptors (Lipinski definition) is 4. The number of benzene rings is 2. The maximum absolute atomic E-state index is 13.1. The highest BCUT2D eigenvalue weighted by Gasteiger charge is 2.27. The third-order valence-corrected chi connectivity index (χ3v) is 5.40. The fourth-order valence-corrected chi connectivity index (χ4v) is 3.81. The van der Waals surface area contributed by atoms with Gasteiger partial charge in [0.2, 0.25) is 0 Å². The van der Waals surface area contributed by atoms with Crippen LogP contribution in [0.3, 0.4) is 0 Å². The van der Waals surface area contributed by atoms with Crippen molar-refractivity contribution in [2.75, 3.05) is 20.9 Å². The smallest absolute Gasteiger partial charge is 0.163 e. The fourth-order valence-electron chi connectivity index (χ4n) is 2.94. The number of methoxy groups -OCH3 is 2. The Balaban J connectivity index is 1.75. The Morgan fingerprint density at radius 3 is 2.65 bits per heavy atom. The molecule has 2 aromatic carbocycles. The lowest BCUT2D eigenvalue weighted by molar-refractivity contribution is 0.105. The van der Waals surface area contributed by atoms with E-state index in [9.17, 15) is 4.39 Å². The molecule has 1 atom stereocenters. The summed E-state index contributed by atoms with van der Waals surface area (Å²) in [4.78, 5) is 1.13. The minimum absolute atomic E-state index is 0.544. The maximum Gasteiger partial charge on any atom is 0.163 e. The van der Waals surface area contributed by atoms with Gasteiger partial charge in [0.1, 0.15) is 12.4 Å². The topological polar surface area (TPSA) is 27.7 Å². The third kappa shape index (κ3) is 3.83. The van der Waals surface area contributed by atoms with Crippen LogP contribution in [-0.2, 0) is 5.75 Å². The molecule has 0 saturated carbocycles. The largest absolute Gasteiger partial charge is 0.493 e. The van der Waals surface area contributed by atoms with Crippen LogP contribution < -0.4 is 14.2 Å². The van der Waals surface area contributed by atoms with Crippen LogP contribution in [-0.4, -0.2) is 26.5 Å². The molecule has 1 aliphatic heterocycles. The van der Waals surface area contributed by atoms with Gasteiger partial charge in [-0.3, -0.25) is 0 Å². The predicted octanol–water partition coefficient (Wildman–Crippen LogP) is 5.44. The van der Waals surface area contributed by atoms with Crippen LogP contribution in [0.5, 0.6) is 17.2 Å². The van der Waals surface area contributed by atoms with Crippen LogP contribution in [0, 0.1) is 6.92 Å². The molecule has 0 aromatic heterocycles. The summed E-state index contributed by atoms with van der Waals surface area (Å²) in [5.41, 5.74) is 2.33. The first-order chi connectivity index (χ1) is 12.5. The summed E-state index contributed by atoms with van der Waals surface area (Å²) < 4.78 is 29.7. The van der Waals surface area contributed by atoms with Gasteiger partial charge >= 0.3 is 0 Å². The molecule has 138 valence electrons. The summed E-state index contributed by atoms with van der Waals surface area (Å²) in [6, 6.07) is 10.1. The van der Waals surface area contributed by atoms with Crippen LogP contribution in [0.15, 0.2) is 41.3 Å². The van der Waals surface area contributed by atoms with Crippen molar-refractivity contribution in [2.24, 2.45) is 0 Å². The molecule has 0 spiro atoms. The van der Waals surface area contributed by atoms with Crippen molar-refractivity contribution in [3.63, 3.8) is 0 Å². The number of hydrogen-bond donors (Lipinski definition) is 0. The van der Waals surface area contributed by atoms with E-state index in [4.69, 9.17) is 14.2 Å². The lowest BCUT2D eigenvalue weighted by Gasteiger charge is -2.29. The van der Waals surface area contributed by atoms with Gasteiger partial charge in [-0.25, -0.2) is 4.39 Å². The Bertz CT molecular complexity index is 834. The minimum Gasteiger partial charge on any atom is -0.493 e. The zero-order valence-electron chi connectivity index (χ0n) is 15.5. The number of fused-ring (bicyclic) bond motifs is 1. The summed E-state index contributed by atoms with van der Waals surface area (Å²) >= 11 is 1.73. The van der Waals surface area contributed by atoms with Gasteiger partial charge in [0, 0.05) is 16.2 Å². The summed E-state index contributed by atoms with van der Waals surface area (Å²) in [5.74, 6) is 3.05. The van der Waals surface area contributed by atoms with Gasteiger partial charge in [-0.1, -0.05) is 12.1 Å². The molecule has 0 aliphatic carbocycles. The van der Waals surface area contributed by atoms with Gasteiger partial charge < -0.3 is 14.2 Å². The van der Waals surface area contributed by atoms with E-state index in [-0.39, 0.29) is 0 Å². The third-order valence-electron chi connectivity index (χ3n) is 4.34. The van der Waals surface area contributed by atoms with Gasteiger partial charge in [-0.15, -0.1) is 11.8 Å². The molecular weight excluding hydrogens is 350 g/mol. The Morgan fingerprint density at radius 1 is 1.15 bits per heavy atom. The molecular formula is C21H23FO3S. The highest BCUT2D eigenvalue weighted by molar-refractivity contribution is 7.98. The lowest BCUT2D eigenvalue weighted by Crippen LogP contribution is -2.34. The Hall–Kier alpha value is -2.14. The van der Waals surface area contributed by atoms with Crippen LogP contribution >= 0.6 is 11.8 Å². The molecule has 3 nitrogen and oxygen atoms in total. The number of halogens is 1. The number of alkyl halides is 1. The van der Waals surface area contributed by atoms with Crippen LogP contribution in [0.1, 0.15) is 23.6 Å². The first-order valence-electron chi connectivity index (χ1n) is 8.40. The monoisotopic (exact) mass is 373 g/mol. The molecule has 0 N–H and O–H groups in total. The van der Waals surface area contributed by atoms with Crippen molar-refractivity contribution in [3.8, 4) is 17.2 Å². The van der Waals surface area contributed by atoms with Crippen molar-refractivity contribution in [3.05, 3.63) is 53.1 Å². The Morgan fingerprint density at radius 2 is 1.96 bits per heavy atom. The van der Waals surface area contributed by atoms with Crippen molar-refractivity contribution in [1.82, 2.24) is 0 Å². The SMILES string of the molecule is COc1cc(CSc2ccc3c(c2)C=CC(C)(C[18F])O3)cc(C)c1OC. The quantitative estimate of drug-likeness (QED) is 0.630. The van der Waals surface area contributed by atoms with E-state index < -0.39 is 12.3 Å². The maximum atomic E-state index is 13.1. The zero-order valence-corrected chi connectivity index (χ0v) is 16.3. The number of ether oxygens (including phenoxy) is 3. The van der Waals surface area contributed by atoms with Crippen molar-refractivity contribution < 1.29 is 18.6 Å². The molecule has 0 fully saturated rings. The summed E-state index contributed by atoms with van der Waals surface area (Å²) in [6.45, 7) is 3.21. The van der Waals surface area contributed by atoms with E-state index in [2.05, 4.69) is 12.1 Å². The first kappa shape index (κ1) is 18.6. The van der Waals surface area contributed by atoms with Crippen LogP contribution in [0.4, 0.5) is 4.39 Å². The summed E-state index contributed by atoms with van der Waals surface area (Å²) in [7, 11) is 3.30. The minimum atomic E-state index is -0.862. The van der Waals surface area contributed by atoms with Gasteiger partial charge in [0.25, 0.3) is 0 Å². The molecule has 26 heavy (non-hydrogen) atoms. The fraction of sp³-hybridized carbons (Fsp3) is 0.333. The van der Waals surface area contributed by atoms with E-state index in [1.165, 1.54) is 5.56 Å². The second-order valence-electron chi connectivity index (χ2n) is 6.52. The standard InChI is InChI=1S/C21H23FO3S/c1-14-9-15(10-19(23-3)20(14)24-4)12-26-17-5-6-18-16(11-17)7-8-21(2,13-22)25-18/h5-11H,12-13H2,1-4H3/i22-1. The molecule has 5 heteroatoms. The highest BCUT2D eigenvalue weighted by atomic mass is 32.2.